The average molecular weight is 294 g/mol. The summed E-state index contributed by atoms with van der Waals surface area (Å²) < 4.78 is 13.2. The molecule has 0 aliphatic carbocycles. The fourth-order valence-corrected chi connectivity index (χ4v) is 2.64. The van der Waals surface area contributed by atoms with Crippen molar-refractivity contribution in [3.05, 3.63) is 29.6 Å². The predicted octanol–water partition coefficient (Wildman–Crippen LogP) is 1.73. The van der Waals surface area contributed by atoms with Crippen LogP contribution in [0.3, 0.4) is 0 Å². The Bertz CT molecular complexity index is 562. The molecular formula is C15H19FN2O3. The number of carbonyl (C=O) groups is 2. The second-order valence-corrected chi connectivity index (χ2v) is 5.62. The van der Waals surface area contributed by atoms with Crippen LogP contribution in [0.4, 0.5) is 10.1 Å². The van der Waals surface area contributed by atoms with Crippen LogP contribution in [0, 0.1) is 24.6 Å². The number of carboxylic acids is 1. The smallest absolute Gasteiger partial charge is 0.308 e. The molecule has 0 unspecified atom stereocenters. The summed E-state index contributed by atoms with van der Waals surface area (Å²) in [5.74, 6) is -1.91. The maximum Gasteiger partial charge on any atom is 0.308 e. The van der Waals surface area contributed by atoms with Gasteiger partial charge in [0.05, 0.1) is 12.5 Å². The highest BCUT2D eigenvalue weighted by molar-refractivity contribution is 5.93. The molecule has 0 radical (unpaired) electrons. The molecule has 5 nitrogen and oxygen atoms in total. The highest BCUT2D eigenvalue weighted by Gasteiger charge is 2.35. The number of hydrogen-bond acceptors (Lipinski definition) is 3. The number of amides is 1. The number of carbonyl (C=O) groups excluding carboxylic acids is 1. The van der Waals surface area contributed by atoms with Gasteiger partial charge in [0.2, 0.25) is 5.91 Å². The van der Waals surface area contributed by atoms with Gasteiger partial charge in [0.25, 0.3) is 0 Å². The zero-order valence-electron chi connectivity index (χ0n) is 12.1. The Kier molecular flexibility index (Phi) is 4.57. The molecule has 1 aliphatic rings. The Labute approximate surface area is 122 Å². The van der Waals surface area contributed by atoms with Crippen molar-refractivity contribution in [2.45, 2.75) is 13.8 Å². The SMILES string of the molecule is Cc1ccc(F)cc1NC(=O)CN1C[C@@H](C)[C@H](C(=O)O)C1. The molecule has 2 atom stereocenters. The van der Waals surface area contributed by atoms with E-state index in [2.05, 4.69) is 5.32 Å². The summed E-state index contributed by atoms with van der Waals surface area (Å²) in [4.78, 5) is 24.9. The van der Waals surface area contributed by atoms with E-state index in [1.54, 1.807) is 13.0 Å². The number of aryl methyl sites for hydroxylation is 1. The summed E-state index contributed by atoms with van der Waals surface area (Å²) in [6, 6.07) is 4.22. The third-order valence-corrected chi connectivity index (χ3v) is 3.85. The number of likely N-dealkylation sites (tertiary alicyclic amines) is 1. The lowest BCUT2D eigenvalue weighted by atomic mass is 9.99. The minimum atomic E-state index is -0.827. The van der Waals surface area contributed by atoms with Crippen LogP contribution in [-0.4, -0.2) is 41.5 Å². The number of halogens is 1. The molecule has 1 aliphatic heterocycles. The topological polar surface area (TPSA) is 69.6 Å². The molecule has 6 heteroatoms. The van der Waals surface area contributed by atoms with Crippen molar-refractivity contribution in [3.63, 3.8) is 0 Å². The van der Waals surface area contributed by atoms with E-state index in [9.17, 15) is 14.0 Å². The van der Waals surface area contributed by atoms with Gasteiger partial charge in [0.15, 0.2) is 0 Å². The molecule has 114 valence electrons. The van der Waals surface area contributed by atoms with Crippen LogP contribution in [0.15, 0.2) is 18.2 Å². The largest absolute Gasteiger partial charge is 0.481 e. The molecule has 1 amide bonds. The number of benzene rings is 1. The lowest BCUT2D eigenvalue weighted by molar-refractivity contribution is -0.142. The normalized spacial score (nSPS) is 22.2. The Morgan fingerprint density at radius 3 is 2.76 bits per heavy atom. The highest BCUT2D eigenvalue weighted by Crippen LogP contribution is 2.23. The summed E-state index contributed by atoms with van der Waals surface area (Å²) in [5.41, 5.74) is 1.23. The molecule has 0 spiro atoms. The van der Waals surface area contributed by atoms with E-state index in [1.807, 2.05) is 11.8 Å². The van der Waals surface area contributed by atoms with E-state index >= 15 is 0 Å². The van der Waals surface area contributed by atoms with E-state index in [0.29, 0.717) is 18.8 Å². The van der Waals surface area contributed by atoms with Gasteiger partial charge in [0.1, 0.15) is 5.82 Å². The first-order chi connectivity index (χ1) is 9.86. The monoisotopic (exact) mass is 294 g/mol. The Morgan fingerprint density at radius 2 is 2.14 bits per heavy atom. The van der Waals surface area contributed by atoms with Gasteiger partial charge in [-0.3, -0.25) is 14.5 Å². The Balaban J connectivity index is 1.94. The summed E-state index contributed by atoms with van der Waals surface area (Å²) in [5, 5.41) is 11.7. The molecule has 0 saturated carbocycles. The Morgan fingerprint density at radius 1 is 1.43 bits per heavy atom. The number of carboxylic acid groups (broad SMARTS) is 1. The van der Waals surface area contributed by atoms with Gasteiger partial charge in [0, 0.05) is 18.8 Å². The van der Waals surface area contributed by atoms with Crippen LogP contribution < -0.4 is 5.32 Å². The van der Waals surface area contributed by atoms with Crippen molar-refractivity contribution in [1.29, 1.82) is 0 Å². The number of nitrogens with zero attached hydrogens (tertiary/aromatic N) is 1. The second-order valence-electron chi connectivity index (χ2n) is 5.62. The molecule has 0 aromatic heterocycles. The third kappa shape index (κ3) is 3.78. The fraction of sp³-hybridized carbons (Fsp3) is 0.467. The molecule has 1 aromatic carbocycles. The van der Waals surface area contributed by atoms with E-state index < -0.39 is 17.7 Å². The molecule has 2 rings (SSSR count). The summed E-state index contributed by atoms with van der Waals surface area (Å²) in [6.45, 7) is 4.71. The summed E-state index contributed by atoms with van der Waals surface area (Å²) >= 11 is 0. The van der Waals surface area contributed by atoms with Crippen molar-refractivity contribution in [3.8, 4) is 0 Å². The van der Waals surface area contributed by atoms with Crippen LogP contribution in [0.25, 0.3) is 0 Å². The number of hydrogen-bond donors (Lipinski definition) is 2. The quantitative estimate of drug-likeness (QED) is 0.887. The van der Waals surface area contributed by atoms with Gasteiger partial charge in [-0.25, -0.2) is 4.39 Å². The maximum absolute atomic E-state index is 13.2. The van der Waals surface area contributed by atoms with Crippen LogP contribution in [0.1, 0.15) is 12.5 Å². The van der Waals surface area contributed by atoms with Crippen molar-refractivity contribution in [1.82, 2.24) is 4.90 Å². The molecule has 1 fully saturated rings. The van der Waals surface area contributed by atoms with Gasteiger partial charge < -0.3 is 10.4 Å². The zero-order chi connectivity index (χ0) is 15.6. The van der Waals surface area contributed by atoms with Crippen LogP contribution in [0.2, 0.25) is 0 Å². The average Bonchev–Trinajstić information content (AvgIpc) is 2.74. The molecule has 1 heterocycles. The van der Waals surface area contributed by atoms with Gasteiger partial charge in [-0.1, -0.05) is 13.0 Å². The molecular weight excluding hydrogens is 275 g/mol. The van der Waals surface area contributed by atoms with E-state index in [4.69, 9.17) is 5.11 Å². The maximum atomic E-state index is 13.2. The van der Waals surface area contributed by atoms with Gasteiger partial charge in [-0.05, 0) is 30.5 Å². The minimum Gasteiger partial charge on any atom is -0.481 e. The number of rotatable bonds is 4. The molecule has 2 N–H and O–H groups in total. The van der Waals surface area contributed by atoms with Crippen LogP contribution in [0.5, 0.6) is 0 Å². The minimum absolute atomic E-state index is 0.0196. The van der Waals surface area contributed by atoms with Crippen molar-refractivity contribution in [2.24, 2.45) is 11.8 Å². The van der Waals surface area contributed by atoms with Crippen LogP contribution >= 0.6 is 0 Å². The third-order valence-electron chi connectivity index (χ3n) is 3.85. The summed E-state index contributed by atoms with van der Waals surface area (Å²) in [6.07, 6.45) is 0. The second kappa shape index (κ2) is 6.22. The van der Waals surface area contributed by atoms with Crippen molar-refractivity contribution in [2.75, 3.05) is 25.0 Å². The number of aliphatic carboxylic acids is 1. The first-order valence-electron chi connectivity index (χ1n) is 6.88. The summed E-state index contributed by atoms with van der Waals surface area (Å²) in [7, 11) is 0. The standard InChI is InChI=1S/C15H19FN2O3/c1-9-3-4-11(16)5-13(9)17-14(19)8-18-6-10(2)12(7-18)15(20)21/h3-5,10,12H,6-8H2,1-2H3,(H,17,19)(H,20,21)/t10-,12-/m1/s1. The van der Waals surface area contributed by atoms with Gasteiger partial charge in [-0.2, -0.15) is 0 Å². The first kappa shape index (κ1) is 15.4. The highest BCUT2D eigenvalue weighted by atomic mass is 19.1. The van der Waals surface area contributed by atoms with Crippen molar-refractivity contribution >= 4 is 17.6 Å². The predicted molar refractivity (Wildman–Crippen MR) is 76.5 cm³/mol. The zero-order valence-corrected chi connectivity index (χ0v) is 12.1. The molecule has 21 heavy (non-hydrogen) atoms. The van der Waals surface area contributed by atoms with E-state index in [-0.39, 0.29) is 18.4 Å². The Hall–Kier alpha value is -1.95. The van der Waals surface area contributed by atoms with Crippen LogP contribution in [-0.2, 0) is 9.59 Å². The fourth-order valence-electron chi connectivity index (χ4n) is 2.64. The lowest BCUT2D eigenvalue weighted by Crippen LogP contribution is -2.32. The number of nitrogens with one attached hydrogen (secondary N) is 1. The van der Waals surface area contributed by atoms with Crippen molar-refractivity contribution < 1.29 is 19.1 Å². The molecule has 1 saturated heterocycles. The molecule has 0 bridgehead atoms. The molecule has 1 aromatic rings. The van der Waals surface area contributed by atoms with E-state index in [1.165, 1.54) is 12.1 Å². The van der Waals surface area contributed by atoms with Gasteiger partial charge >= 0.3 is 5.97 Å². The van der Waals surface area contributed by atoms with E-state index in [0.717, 1.165) is 5.56 Å². The lowest BCUT2D eigenvalue weighted by Gasteiger charge is -2.15. The first-order valence-corrected chi connectivity index (χ1v) is 6.88. The number of anilines is 1. The van der Waals surface area contributed by atoms with Gasteiger partial charge in [-0.15, -0.1) is 0 Å².